The topological polar surface area (TPSA) is 98.8 Å². The lowest BCUT2D eigenvalue weighted by atomic mass is 9.95. The first-order valence-electron chi connectivity index (χ1n) is 10.4. The first kappa shape index (κ1) is 24.9. The minimum atomic E-state index is -0.775. The van der Waals surface area contributed by atoms with Crippen LogP contribution in [0.4, 0.5) is 0 Å². The Balaban J connectivity index is 2.27. The highest BCUT2D eigenvalue weighted by Crippen LogP contribution is 2.46. The zero-order valence-electron chi connectivity index (χ0n) is 20.1. The highest BCUT2D eigenvalue weighted by Gasteiger charge is 2.37. The Morgan fingerprint density at radius 1 is 0.853 bits per heavy atom. The monoisotopic (exact) mass is 472 g/mol. The largest absolute Gasteiger partial charge is 0.493 e. The minimum absolute atomic E-state index is 0.00119. The molecule has 1 atom stereocenters. The van der Waals surface area contributed by atoms with Crippen molar-refractivity contribution in [2.45, 2.75) is 19.4 Å². The summed E-state index contributed by atoms with van der Waals surface area (Å²) in [5, 5.41) is 0. The van der Waals surface area contributed by atoms with Crippen molar-refractivity contribution in [1.82, 2.24) is 0 Å². The maximum Gasteiger partial charge on any atom is 0.303 e. The fraction of sp³-hybridized carbons (Fsp3) is 0.360. The second kappa shape index (κ2) is 10.9. The molecule has 0 radical (unpaired) electrons. The van der Waals surface area contributed by atoms with Crippen LogP contribution in [0.25, 0.3) is 11.1 Å². The molecule has 0 fully saturated rings. The molecule has 1 aliphatic rings. The Morgan fingerprint density at radius 2 is 1.47 bits per heavy atom. The third-order valence-corrected chi connectivity index (χ3v) is 5.31. The maximum atomic E-state index is 13.2. The number of Topliss-reactive ketones (excluding diaryl/α,β-unsaturated/α-hetero) is 1. The summed E-state index contributed by atoms with van der Waals surface area (Å²) in [7, 11) is 7.53. The molecular formula is C25H28O9. The van der Waals surface area contributed by atoms with Crippen LogP contribution >= 0.6 is 0 Å². The first-order chi connectivity index (χ1) is 16.4. The van der Waals surface area contributed by atoms with Gasteiger partial charge in [-0.3, -0.25) is 9.59 Å². The molecule has 9 heteroatoms. The van der Waals surface area contributed by atoms with E-state index in [1.165, 1.54) is 42.5 Å². The molecule has 2 aromatic rings. The lowest BCUT2D eigenvalue weighted by Crippen LogP contribution is -2.16. The van der Waals surface area contributed by atoms with Crippen LogP contribution in [0.1, 0.15) is 24.5 Å². The number of hydrogen-bond donors (Lipinski definition) is 0. The summed E-state index contributed by atoms with van der Waals surface area (Å²) in [6.45, 7) is 1.31. The molecule has 0 heterocycles. The summed E-state index contributed by atoms with van der Waals surface area (Å²) >= 11 is 0. The third-order valence-electron chi connectivity index (χ3n) is 5.31. The number of rotatable bonds is 10. The Kier molecular flexibility index (Phi) is 8.01. The smallest absolute Gasteiger partial charge is 0.303 e. The molecule has 34 heavy (non-hydrogen) atoms. The van der Waals surface area contributed by atoms with Gasteiger partial charge in [-0.05, 0) is 35.4 Å². The normalized spacial score (nSPS) is 15.2. The molecule has 1 unspecified atom stereocenters. The van der Waals surface area contributed by atoms with Crippen molar-refractivity contribution in [1.29, 1.82) is 0 Å². The van der Waals surface area contributed by atoms with Crippen LogP contribution in [0.3, 0.4) is 0 Å². The Bertz CT molecular complexity index is 1080. The quantitative estimate of drug-likeness (QED) is 0.380. The van der Waals surface area contributed by atoms with E-state index in [-0.39, 0.29) is 19.0 Å². The molecule has 9 nitrogen and oxygen atoms in total. The Hall–Kier alpha value is -3.72. The number of ketones is 1. The number of carbonyl (C=O) groups is 2. The molecule has 3 rings (SSSR count). The van der Waals surface area contributed by atoms with Gasteiger partial charge in [-0.2, -0.15) is 0 Å². The number of carbonyl (C=O) groups excluding carboxylic acids is 2. The van der Waals surface area contributed by atoms with Gasteiger partial charge in [0.1, 0.15) is 6.10 Å². The summed E-state index contributed by atoms with van der Waals surface area (Å²) < 4.78 is 37.9. The molecule has 0 spiro atoms. The first-order valence-corrected chi connectivity index (χ1v) is 10.4. The predicted molar refractivity (Wildman–Crippen MR) is 124 cm³/mol. The average Bonchev–Trinajstić information content (AvgIpc) is 3.15. The van der Waals surface area contributed by atoms with E-state index in [9.17, 15) is 9.59 Å². The molecule has 0 saturated heterocycles. The maximum absolute atomic E-state index is 13.2. The van der Waals surface area contributed by atoms with E-state index in [1.54, 1.807) is 30.3 Å². The fourth-order valence-electron chi connectivity index (χ4n) is 3.94. The van der Waals surface area contributed by atoms with Gasteiger partial charge in [0.05, 0.1) is 34.9 Å². The van der Waals surface area contributed by atoms with E-state index in [0.717, 1.165) is 0 Å². The third kappa shape index (κ3) is 4.94. The van der Waals surface area contributed by atoms with Gasteiger partial charge in [0.25, 0.3) is 0 Å². The van der Waals surface area contributed by atoms with Gasteiger partial charge in [0, 0.05) is 25.2 Å². The summed E-state index contributed by atoms with van der Waals surface area (Å²) in [4.78, 5) is 25.1. The number of ether oxygens (including phenoxy) is 7. The number of hydrogen-bond acceptors (Lipinski definition) is 9. The second-order valence-electron chi connectivity index (χ2n) is 7.34. The molecule has 182 valence electrons. The van der Waals surface area contributed by atoms with E-state index >= 15 is 0 Å². The van der Waals surface area contributed by atoms with Gasteiger partial charge in [-0.1, -0.05) is 6.07 Å². The zero-order chi connectivity index (χ0) is 24.8. The molecule has 0 N–H and O–H groups in total. The van der Waals surface area contributed by atoms with Crippen molar-refractivity contribution >= 4 is 22.9 Å². The second-order valence-corrected chi connectivity index (χ2v) is 7.34. The summed E-state index contributed by atoms with van der Waals surface area (Å²) in [6, 6.07) is 8.60. The van der Waals surface area contributed by atoms with Crippen LogP contribution in [0.5, 0.6) is 28.7 Å². The summed E-state index contributed by atoms with van der Waals surface area (Å²) in [5.41, 5.74) is 2.10. The van der Waals surface area contributed by atoms with E-state index < -0.39 is 12.1 Å². The van der Waals surface area contributed by atoms with Gasteiger partial charge in [0.2, 0.25) is 5.75 Å². The Labute approximate surface area is 198 Å². The lowest BCUT2D eigenvalue weighted by Gasteiger charge is -2.19. The molecule has 0 aliphatic heterocycles. The van der Waals surface area contributed by atoms with E-state index in [0.29, 0.717) is 51.0 Å². The van der Waals surface area contributed by atoms with Crippen molar-refractivity contribution in [2.24, 2.45) is 0 Å². The lowest BCUT2D eigenvalue weighted by molar-refractivity contribution is -0.144. The highest BCUT2D eigenvalue weighted by atomic mass is 16.7. The molecular weight excluding hydrogens is 444 g/mol. The predicted octanol–water partition coefficient (Wildman–Crippen LogP) is 3.52. The van der Waals surface area contributed by atoms with Gasteiger partial charge in [-0.15, -0.1) is 0 Å². The van der Waals surface area contributed by atoms with Crippen molar-refractivity contribution in [2.75, 3.05) is 42.3 Å². The molecule has 0 aromatic heterocycles. The summed E-state index contributed by atoms with van der Waals surface area (Å²) in [5.74, 6) is 1.41. The van der Waals surface area contributed by atoms with E-state index in [1.807, 2.05) is 0 Å². The molecule has 2 aromatic carbocycles. The van der Waals surface area contributed by atoms with Crippen molar-refractivity contribution in [3.8, 4) is 28.7 Å². The van der Waals surface area contributed by atoms with Crippen LogP contribution in [-0.2, 0) is 19.1 Å². The molecule has 1 aliphatic carbocycles. The highest BCUT2D eigenvalue weighted by molar-refractivity contribution is 6.32. The van der Waals surface area contributed by atoms with Gasteiger partial charge >= 0.3 is 5.97 Å². The van der Waals surface area contributed by atoms with Crippen molar-refractivity contribution < 1.29 is 42.7 Å². The number of methoxy groups -OCH3 is 5. The van der Waals surface area contributed by atoms with Crippen LogP contribution in [-0.4, -0.2) is 60.2 Å². The molecule has 0 amide bonds. The zero-order valence-corrected chi connectivity index (χ0v) is 20.1. The van der Waals surface area contributed by atoms with Crippen LogP contribution in [0.15, 0.2) is 30.3 Å². The number of benzene rings is 2. The van der Waals surface area contributed by atoms with E-state index in [2.05, 4.69) is 0 Å². The minimum Gasteiger partial charge on any atom is -0.493 e. The van der Waals surface area contributed by atoms with Crippen LogP contribution < -0.4 is 23.7 Å². The summed E-state index contributed by atoms with van der Waals surface area (Å²) in [6.07, 6.45) is -0.774. The standard InChI is InChI=1S/C25H28O9/c1-14(26)34-20-12-17(27)23(16-10-21(30-4)25(32-6)22(11-16)31-5)24(20)15-7-8-18(29-3)19(9-15)33-13-28-2/h7-11,20H,12-13H2,1-6H3. The number of allylic oxidation sites excluding steroid dienone is 1. The van der Waals surface area contributed by atoms with Crippen molar-refractivity contribution in [3.63, 3.8) is 0 Å². The average molecular weight is 472 g/mol. The van der Waals surface area contributed by atoms with Crippen LogP contribution in [0.2, 0.25) is 0 Å². The Morgan fingerprint density at radius 3 is 2.00 bits per heavy atom. The number of esters is 1. The molecule has 0 saturated carbocycles. The van der Waals surface area contributed by atoms with Crippen molar-refractivity contribution in [3.05, 3.63) is 41.5 Å². The van der Waals surface area contributed by atoms with E-state index in [4.69, 9.17) is 33.2 Å². The fourth-order valence-corrected chi connectivity index (χ4v) is 3.94. The van der Waals surface area contributed by atoms with Gasteiger partial charge in [0.15, 0.2) is 35.6 Å². The van der Waals surface area contributed by atoms with Gasteiger partial charge in [-0.25, -0.2) is 0 Å². The van der Waals surface area contributed by atoms with Gasteiger partial charge < -0.3 is 33.2 Å². The SMILES string of the molecule is COCOc1cc(C2=C(c3cc(OC)c(OC)c(OC)c3)C(=O)CC2OC(C)=O)ccc1OC. The van der Waals surface area contributed by atoms with Crippen LogP contribution in [0, 0.1) is 0 Å². The molecule has 0 bridgehead atoms.